The minimum absolute atomic E-state index is 0.0292. The van der Waals surface area contributed by atoms with E-state index in [2.05, 4.69) is 0 Å². The van der Waals surface area contributed by atoms with E-state index in [1.54, 1.807) is 18.2 Å². The standard InChI is InChI=1S/C17H19ClN2O4/c1-5-10(2)24-14-7-6-11(9-13(14)18)8-12-15(21)19(3)17(23)20(4)16(12)22/h6-10H,5H2,1-4H3. The highest BCUT2D eigenvalue weighted by Gasteiger charge is 2.37. The van der Waals surface area contributed by atoms with Crippen LogP contribution >= 0.6 is 11.6 Å². The highest BCUT2D eigenvalue weighted by molar-refractivity contribution is 6.32. The molecule has 1 unspecified atom stereocenters. The molecule has 1 aliphatic rings. The summed E-state index contributed by atoms with van der Waals surface area (Å²) in [6, 6.07) is 4.35. The lowest BCUT2D eigenvalue weighted by molar-refractivity contribution is -0.134. The predicted molar refractivity (Wildman–Crippen MR) is 90.7 cm³/mol. The van der Waals surface area contributed by atoms with Gasteiger partial charge in [-0.1, -0.05) is 24.6 Å². The number of carbonyl (C=O) groups excluding carboxylic acids is 3. The predicted octanol–water partition coefficient (Wildman–Crippen LogP) is 2.95. The molecule has 1 aliphatic heterocycles. The van der Waals surface area contributed by atoms with Crippen LogP contribution in [0.2, 0.25) is 5.02 Å². The van der Waals surface area contributed by atoms with Crippen molar-refractivity contribution in [2.75, 3.05) is 14.1 Å². The van der Waals surface area contributed by atoms with Crippen molar-refractivity contribution in [3.8, 4) is 5.75 Å². The first kappa shape index (κ1) is 18.0. The number of barbiturate groups is 1. The second kappa shape index (κ2) is 7.05. The Balaban J connectivity index is 2.33. The summed E-state index contributed by atoms with van der Waals surface area (Å²) in [7, 11) is 2.66. The molecule has 1 heterocycles. The van der Waals surface area contributed by atoms with E-state index in [0.717, 1.165) is 16.2 Å². The number of likely N-dealkylation sites (N-methyl/N-ethyl adjacent to an activating group) is 2. The number of halogens is 1. The van der Waals surface area contributed by atoms with Crippen molar-refractivity contribution < 1.29 is 19.1 Å². The van der Waals surface area contributed by atoms with Gasteiger partial charge in [0.25, 0.3) is 11.8 Å². The van der Waals surface area contributed by atoms with E-state index in [0.29, 0.717) is 16.3 Å². The van der Waals surface area contributed by atoms with Gasteiger partial charge >= 0.3 is 6.03 Å². The van der Waals surface area contributed by atoms with Gasteiger partial charge in [0.15, 0.2) is 0 Å². The van der Waals surface area contributed by atoms with Crippen LogP contribution in [0.4, 0.5) is 4.79 Å². The van der Waals surface area contributed by atoms with Crippen LogP contribution in [0.3, 0.4) is 0 Å². The van der Waals surface area contributed by atoms with Crippen LogP contribution in [0, 0.1) is 0 Å². The molecule has 0 aliphatic carbocycles. The van der Waals surface area contributed by atoms with Gasteiger partial charge in [-0.15, -0.1) is 0 Å². The lowest BCUT2D eigenvalue weighted by atomic mass is 10.1. The molecule has 1 atom stereocenters. The molecule has 7 heteroatoms. The fourth-order valence-electron chi connectivity index (χ4n) is 2.14. The third-order valence-electron chi connectivity index (χ3n) is 3.81. The molecule has 0 saturated carbocycles. The molecule has 0 spiro atoms. The molecule has 4 amide bonds. The van der Waals surface area contributed by atoms with Gasteiger partial charge in [0.05, 0.1) is 11.1 Å². The zero-order valence-corrected chi connectivity index (χ0v) is 14.8. The third-order valence-corrected chi connectivity index (χ3v) is 4.11. The first-order chi connectivity index (χ1) is 11.3. The van der Waals surface area contributed by atoms with Gasteiger partial charge in [0.1, 0.15) is 11.3 Å². The summed E-state index contributed by atoms with van der Waals surface area (Å²) in [6.45, 7) is 3.94. The Kier molecular flexibility index (Phi) is 5.29. The number of hydrogen-bond acceptors (Lipinski definition) is 4. The molecule has 1 fully saturated rings. The summed E-state index contributed by atoms with van der Waals surface area (Å²) in [5.74, 6) is -0.739. The van der Waals surface area contributed by atoms with Crippen molar-refractivity contribution in [1.82, 2.24) is 9.80 Å². The maximum atomic E-state index is 12.2. The van der Waals surface area contributed by atoms with E-state index < -0.39 is 17.8 Å². The number of imide groups is 2. The number of rotatable bonds is 4. The highest BCUT2D eigenvalue weighted by atomic mass is 35.5. The summed E-state index contributed by atoms with van der Waals surface area (Å²) in [5.41, 5.74) is 0.482. The third kappa shape index (κ3) is 3.43. The lowest BCUT2D eigenvalue weighted by Crippen LogP contribution is -2.52. The van der Waals surface area contributed by atoms with E-state index >= 15 is 0 Å². The Hall–Kier alpha value is -2.34. The first-order valence-electron chi connectivity index (χ1n) is 7.54. The van der Waals surface area contributed by atoms with E-state index in [1.165, 1.54) is 20.2 Å². The minimum Gasteiger partial charge on any atom is -0.489 e. The second-order valence-electron chi connectivity index (χ2n) is 5.60. The molecule has 128 valence electrons. The van der Waals surface area contributed by atoms with Gasteiger partial charge in [0.2, 0.25) is 0 Å². The zero-order valence-electron chi connectivity index (χ0n) is 14.0. The molecule has 1 aromatic carbocycles. The summed E-state index contributed by atoms with van der Waals surface area (Å²) in [4.78, 5) is 37.8. The van der Waals surface area contributed by atoms with E-state index in [-0.39, 0.29) is 11.7 Å². The number of ether oxygens (including phenoxy) is 1. The average molecular weight is 351 g/mol. The van der Waals surface area contributed by atoms with Gasteiger partial charge in [0, 0.05) is 14.1 Å². The van der Waals surface area contributed by atoms with Crippen molar-refractivity contribution in [2.45, 2.75) is 26.4 Å². The highest BCUT2D eigenvalue weighted by Crippen LogP contribution is 2.28. The number of amides is 4. The molecule has 2 rings (SSSR count). The Morgan fingerprint density at radius 1 is 1.17 bits per heavy atom. The molecule has 1 saturated heterocycles. The molecule has 0 bridgehead atoms. The first-order valence-corrected chi connectivity index (χ1v) is 7.92. The molecule has 1 aromatic rings. The molecule has 0 radical (unpaired) electrons. The number of benzene rings is 1. The topological polar surface area (TPSA) is 66.9 Å². The zero-order chi connectivity index (χ0) is 18.0. The Labute approximate surface area is 145 Å². The van der Waals surface area contributed by atoms with Crippen LogP contribution in [0.1, 0.15) is 25.8 Å². The van der Waals surface area contributed by atoms with E-state index in [1.807, 2.05) is 13.8 Å². The summed E-state index contributed by atoms with van der Waals surface area (Å²) in [5, 5.41) is 0.387. The lowest BCUT2D eigenvalue weighted by Gasteiger charge is -2.28. The van der Waals surface area contributed by atoms with Gasteiger partial charge in [-0.2, -0.15) is 0 Å². The summed E-state index contributed by atoms with van der Waals surface area (Å²) in [6.07, 6.45) is 2.29. The van der Waals surface area contributed by atoms with E-state index in [9.17, 15) is 14.4 Å². The SMILES string of the molecule is CCC(C)Oc1ccc(C=C2C(=O)N(C)C(=O)N(C)C2=O)cc1Cl. The fourth-order valence-corrected chi connectivity index (χ4v) is 2.38. The molecule has 6 nitrogen and oxygen atoms in total. The van der Waals surface area contributed by atoms with Crippen LogP contribution in [-0.2, 0) is 9.59 Å². The molecule has 0 N–H and O–H groups in total. The quantitative estimate of drug-likeness (QED) is 0.618. The average Bonchev–Trinajstić information content (AvgIpc) is 2.57. The van der Waals surface area contributed by atoms with Crippen LogP contribution < -0.4 is 4.74 Å². The van der Waals surface area contributed by atoms with Crippen molar-refractivity contribution in [3.63, 3.8) is 0 Å². The smallest absolute Gasteiger partial charge is 0.333 e. The van der Waals surface area contributed by atoms with E-state index in [4.69, 9.17) is 16.3 Å². The van der Waals surface area contributed by atoms with Crippen LogP contribution in [0.25, 0.3) is 6.08 Å². The van der Waals surface area contributed by atoms with Gasteiger partial charge in [-0.05, 0) is 37.1 Å². The Morgan fingerprint density at radius 2 is 1.75 bits per heavy atom. The molecule has 0 aromatic heterocycles. The van der Waals surface area contributed by atoms with Crippen molar-refractivity contribution in [1.29, 1.82) is 0 Å². The van der Waals surface area contributed by atoms with Crippen LogP contribution in [0.15, 0.2) is 23.8 Å². The maximum Gasteiger partial charge on any atom is 0.333 e. The monoisotopic (exact) mass is 350 g/mol. The second-order valence-corrected chi connectivity index (χ2v) is 6.00. The molecule has 24 heavy (non-hydrogen) atoms. The summed E-state index contributed by atoms with van der Waals surface area (Å²) >= 11 is 6.20. The Bertz CT molecular complexity index is 703. The van der Waals surface area contributed by atoms with Gasteiger partial charge in [-0.25, -0.2) is 4.79 Å². The number of nitrogens with zero attached hydrogens (tertiary/aromatic N) is 2. The number of urea groups is 1. The maximum absolute atomic E-state index is 12.2. The van der Waals surface area contributed by atoms with Crippen LogP contribution in [0.5, 0.6) is 5.75 Å². The largest absolute Gasteiger partial charge is 0.489 e. The van der Waals surface area contributed by atoms with Gasteiger partial charge < -0.3 is 4.74 Å². The Morgan fingerprint density at radius 3 is 2.25 bits per heavy atom. The summed E-state index contributed by atoms with van der Waals surface area (Å²) < 4.78 is 5.68. The van der Waals surface area contributed by atoms with Crippen LogP contribution in [-0.4, -0.2) is 47.8 Å². The minimum atomic E-state index is -0.655. The number of carbonyl (C=O) groups is 3. The molecular weight excluding hydrogens is 332 g/mol. The normalized spacial score (nSPS) is 16.5. The van der Waals surface area contributed by atoms with Crippen molar-refractivity contribution in [2.24, 2.45) is 0 Å². The number of hydrogen-bond donors (Lipinski definition) is 0. The fraction of sp³-hybridized carbons (Fsp3) is 0.353. The molecular formula is C17H19ClN2O4. The van der Waals surface area contributed by atoms with Gasteiger partial charge in [-0.3, -0.25) is 19.4 Å². The van der Waals surface area contributed by atoms with Crippen molar-refractivity contribution in [3.05, 3.63) is 34.4 Å². The van der Waals surface area contributed by atoms with Crippen molar-refractivity contribution >= 4 is 35.5 Å².